The maximum atomic E-state index is 14.3. The highest BCUT2D eigenvalue weighted by molar-refractivity contribution is 7.92. The van der Waals surface area contributed by atoms with Gasteiger partial charge in [-0.3, -0.25) is 13.9 Å². The minimum absolute atomic E-state index is 0.00774. The lowest BCUT2D eigenvalue weighted by molar-refractivity contribution is -0.140. The van der Waals surface area contributed by atoms with Gasteiger partial charge in [0.1, 0.15) is 24.9 Å². The molecule has 2 atom stereocenters. The molecule has 8 nitrogen and oxygen atoms in total. The van der Waals surface area contributed by atoms with Crippen molar-refractivity contribution in [3.63, 3.8) is 0 Å². The molecule has 0 spiro atoms. The first kappa shape index (κ1) is 34.5. The van der Waals surface area contributed by atoms with E-state index in [4.69, 9.17) is 16.3 Å². The minimum Gasteiger partial charge on any atom is -0.489 e. The summed E-state index contributed by atoms with van der Waals surface area (Å²) >= 11 is 6.52. The van der Waals surface area contributed by atoms with E-state index in [1.807, 2.05) is 74.5 Å². The molecule has 1 N–H and O–H groups in total. The van der Waals surface area contributed by atoms with Crippen molar-refractivity contribution in [1.29, 1.82) is 0 Å². The van der Waals surface area contributed by atoms with Crippen molar-refractivity contribution >= 4 is 39.1 Å². The average Bonchev–Trinajstić information content (AvgIpc) is 3.05. The van der Waals surface area contributed by atoms with Crippen LogP contribution in [0.4, 0.5) is 5.69 Å². The van der Waals surface area contributed by atoms with Crippen LogP contribution < -0.4 is 14.4 Å². The van der Waals surface area contributed by atoms with Gasteiger partial charge in [0.2, 0.25) is 21.8 Å². The average molecular weight is 662 g/mol. The third-order valence-corrected chi connectivity index (χ3v) is 9.13. The van der Waals surface area contributed by atoms with E-state index < -0.39 is 28.5 Å². The van der Waals surface area contributed by atoms with Crippen molar-refractivity contribution < 1.29 is 22.7 Å². The first-order valence-corrected chi connectivity index (χ1v) is 17.4. The molecule has 0 fully saturated rings. The van der Waals surface area contributed by atoms with Crippen molar-refractivity contribution in [3.8, 4) is 5.75 Å². The number of carbonyl (C=O) groups excluding carboxylic acids is 2. The van der Waals surface area contributed by atoms with Crippen molar-refractivity contribution in [2.24, 2.45) is 0 Å². The van der Waals surface area contributed by atoms with Crippen LogP contribution in [-0.2, 0) is 39.2 Å². The number of sulfonamides is 1. The molecule has 0 saturated heterocycles. The number of rotatable bonds is 15. The lowest BCUT2D eigenvalue weighted by atomic mass is 10.0. The van der Waals surface area contributed by atoms with Gasteiger partial charge < -0.3 is 15.0 Å². The first-order chi connectivity index (χ1) is 22.0. The van der Waals surface area contributed by atoms with Gasteiger partial charge in [-0.05, 0) is 60.4 Å². The van der Waals surface area contributed by atoms with Crippen molar-refractivity contribution in [2.75, 3.05) is 17.1 Å². The van der Waals surface area contributed by atoms with E-state index in [-0.39, 0.29) is 24.9 Å². The number of hydrogen-bond acceptors (Lipinski definition) is 5. The van der Waals surface area contributed by atoms with E-state index in [1.165, 1.54) is 4.90 Å². The summed E-state index contributed by atoms with van der Waals surface area (Å²) in [5.41, 5.74) is 2.79. The van der Waals surface area contributed by atoms with Crippen LogP contribution in [0.3, 0.4) is 0 Å². The number of hydrogen-bond donors (Lipinski definition) is 1. The molecule has 242 valence electrons. The standard InChI is InChI=1S/C36H40ClN3O5S/c1-4-27(2)38-36(42)34(23-28-13-7-5-8-14-28)39(24-30-17-11-12-18-33(30)37)35(41)25-40(46(3,43)44)31-19-21-32(22-20-31)45-26-29-15-9-6-10-16-29/h5-22,27,34H,4,23-26H2,1-3H3,(H,38,42)/t27-,34-/m0/s1. The molecule has 0 bridgehead atoms. The number of amides is 2. The molecule has 4 aromatic carbocycles. The quantitative estimate of drug-likeness (QED) is 0.163. The van der Waals surface area contributed by atoms with Crippen LogP contribution in [0.2, 0.25) is 5.02 Å². The van der Waals surface area contributed by atoms with Gasteiger partial charge in [0, 0.05) is 24.0 Å². The number of carbonyl (C=O) groups is 2. The largest absolute Gasteiger partial charge is 0.489 e. The fraction of sp³-hybridized carbons (Fsp3) is 0.278. The Morgan fingerprint density at radius 1 is 0.848 bits per heavy atom. The van der Waals surface area contributed by atoms with Crippen LogP contribution in [-0.4, -0.2) is 50.0 Å². The zero-order valence-electron chi connectivity index (χ0n) is 26.3. The molecular formula is C36H40ClN3O5S. The number of anilines is 1. The molecule has 0 aliphatic carbocycles. The molecule has 4 aromatic rings. The van der Waals surface area contributed by atoms with E-state index >= 15 is 0 Å². The monoisotopic (exact) mass is 661 g/mol. The van der Waals surface area contributed by atoms with E-state index in [0.717, 1.165) is 21.7 Å². The van der Waals surface area contributed by atoms with Gasteiger partial charge in [0.25, 0.3) is 0 Å². The highest BCUT2D eigenvalue weighted by Gasteiger charge is 2.33. The normalized spacial score (nSPS) is 12.5. The van der Waals surface area contributed by atoms with Gasteiger partial charge >= 0.3 is 0 Å². The summed E-state index contributed by atoms with van der Waals surface area (Å²) in [4.78, 5) is 29.5. The molecule has 4 rings (SSSR count). The molecule has 0 saturated carbocycles. The van der Waals surface area contributed by atoms with Crippen LogP contribution >= 0.6 is 11.6 Å². The van der Waals surface area contributed by atoms with Gasteiger partial charge in [0.05, 0.1) is 11.9 Å². The Bertz CT molecular complexity index is 1690. The third-order valence-electron chi connectivity index (χ3n) is 7.62. The summed E-state index contributed by atoms with van der Waals surface area (Å²) in [5.74, 6) is -0.322. The summed E-state index contributed by atoms with van der Waals surface area (Å²) in [6.07, 6.45) is 1.98. The second kappa shape index (κ2) is 16.3. The molecular weight excluding hydrogens is 622 g/mol. The molecule has 0 aliphatic heterocycles. The van der Waals surface area contributed by atoms with Crippen LogP contribution in [0.15, 0.2) is 109 Å². The maximum Gasteiger partial charge on any atom is 0.244 e. The fourth-order valence-corrected chi connectivity index (χ4v) is 5.91. The van der Waals surface area contributed by atoms with E-state index in [1.54, 1.807) is 48.5 Å². The minimum atomic E-state index is -3.91. The highest BCUT2D eigenvalue weighted by atomic mass is 35.5. The Hall–Kier alpha value is -4.34. The SMILES string of the molecule is CC[C@H](C)NC(=O)[C@H](Cc1ccccc1)N(Cc1ccccc1Cl)C(=O)CN(c1ccc(OCc2ccccc2)cc1)S(C)(=O)=O. The topological polar surface area (TPSA) is 96.0 Å². The van der Waals surface area contributed by atoms with E-state index in [0.29, 0.717) is 35.1 Å². The zero-order chi connectivity index (χ0) is 33.1. The van der Waals surface area contributed by atoms with Crippen molar-refractivity contribution in [3.05, 3.63) is 131 Å². The lowest BCUT2D eigenvalue weighted by Crippen LogP contribution is -2.54. The number of benzene rings is 4. The van der Waals surface area contributed by atoms with Crippen LogP contribution in [0.1, 0.15) is 37.0 Å². The number of halogens is 1. The second-order valence-electron chi connectivity index (χ2n) is 11.2. The lowest BCUT2D eigenvalue weighted by Gasteiger charge is -2.34. The Morgan fingerprint density at radius 3 is 2.02 bits per heavy atom. The predicted molar refractivity (Wildman–Crippen MR) is 183 cm³/mol. The van der Waals surface area contributed by atoms with Gasteiger partial charge in [-0.1, -0.05) is 97.4 Å². The first-order valence-electron chi connectivity index (χ1n) is 15.2. The van der Waals surface area contributed by atoms with Crippen LogP contribution in [0, 0.1) is 0 Å². The summed E-state index contributed by atoms with van der Waals surface area (Å²) in [7, 11) is -3.91. The molecule has 0 aromatic heterocycles. The zero-order valence-corrected chi connectivity index (χ0v) is 27.9. The van der Waals surface area contributed by atoms with Gasteiger partial charge in [-0.2, -0.15) is 0 Å². The van der Waals surface area contributed by atoms with Gasteiger partial charge in [-0.15, -0.1) is 0 Å². The smallest absolute Gasteiger partial charge is 0.244 e. The maximum absolute atomic E-state index is 14.3. The molecule has 0 aliphatic rings. The summed E-state index contributed by atoms with van der Waals surface area (Å²) < 4.78 is 33.1. The summed E-state index contributed by atoms with van der Waals surface area (Å²) in [6, 6.07) is 31.7. The van der Waals surface area contributed by atoms with Crippen molar-refractivity contribution in [2.45, 2.75) is 51.9 Å². The number of nitrogens with zero attached hydrogens (tertiary/aromatic N) is 2. The van der Waals surface area contributed by atoms with E-state index in [2.05, 4.69) is 5.32 Å². The molecule has 0 unspecified atom stereocenters. The van der Waals surface area contributed by atoms with Crippen LogP contribution in [0.25, 0.3) is 0 Å². The van der Waals surface area contributed by atoms with Gasteiger partial charge in [0.15, 0.2) is 0 Å². The fourth-order valence-electron chi connectivity index (χ4n) is 4.87. The molecule has 0 radical (unpaired) electrons. The van der Waals surface area contributed by atoms with Crippen molar-refractivity contribution in [1.82, 2.24) is 10.2 Å². The Kier molecular flexibility index (Phi) is 12.2. The third kappa shape index (κ3) is 9.83. The summed E-state index contributed by atoms with van der Waals surface area (Å²) in [5, 5.41) is 3.46. The van der Waals surface area contributed by atoms with Gasteiger partial charge in [-0.25, -0.2) is 8.42 Å². The number of ether oxygens (including phenoxy) is 1. The van der Waals surface area contributed by atoms with E-state index in [9.17, 15) is 18.0 Å². The molecule has 46 heavy (non-hydrogen) atoms. The Balaban J connectivity index is 1.65. The Labute approximate surface area is 277 Å². The van der Waals surface area contributed by atoms with Crippen LogP contribution in [0.5, 0.6) is 5.75 Å². The molecule has 0 heterocycles. The highest BCUT2D eigenvalue weighted by Crippen LogP contribution is 2.25. The predicted octanol–water partition coefficient (Wildman–Crippen LogP) is 6.24. The summed E-state index contributed by atoms with van der Waals surface area (Å²) in [6.45, 7) is 3.71. The molecule has 10 heteroatoms. The molecule has 2 amide bonds. The second-order valence-corrected chi connectivity index (χ2v) is 13.5. The number of nitrogens with one attached hydrogen (secondary N) is 1. The Morgan fingerprint density at radius 2 is 1.43 bits per heavy atom.